The van der Waals surface area contributed by atoms with Crippen LogP contribution in [0.5, 0.6) is 0 Å². The standard InChI is InChI=1S/C20H23N3O2/c1-14(24)22-17-9-7-15(8-10-17)13-21-19(16-5-3-2-4-6-16)20(25)23-18-11-12-18/h2-10,18-19,21H,11-13H2,1H3,(H,22,24)(H,23,25)/t19-/m0/s1. The molecule has 0 spiro atoms. The van der Waals surface area contributed by atoms with Crippen LogP contribution in [-0.2, 0) is 16.1 Å². The maximum absolute atomic E-state index is 12.6. The Morgan fingerprint density at radius 2 is 1.72 bits per heavy atom. The number of hydrogen-bond acceptors (Lipinski definition) is 3. The van der Waals surface area contributed by atoms with Crippen LogP contribution < -0.4 is 16.0 Å². The summed E-state index contributed by atoms with van der Waals surface area (Å²) >= 11 is 0. The topological polar surface area (TPSA) is 70.2 Å². The van der Waals surface area contributed by atoms with Crippen LogP contribution in [0.15, 0.2) is 54.6 Å². The summed E-state index contributed by atoms with van der Waals surface area (Å²) in [5.74, 6) is -0.0738. The first kappa shape index (κ1) is 17.2. The monoisotopic (exact) mass is 337 g/mol. The Balaban J connectivity index is 1.65. The Labute approximate surface area is 147 Å². The van der Waals surface area contributed by atoms with Gasteiger partial charge in [-0.15, -0.1) is 0 Å². The predicted octanol–water partition coefficient (Wildman–Crippen LogP) is 2.75. The highest BCUT2D eigenvalue weighted by Gasteiger charge is 2.28. The zero-order valence-electron chi connectivity index (χ0n) is 14.3. The third-order valence-electron chi connectivity index (χ3n) is 4.10. The largest absolute Gasteiger partial charge is 0.352 e. The molecule has 1 aliphatic carbocycles. The van der Waals surface area contributed by atoms with Gasteiger partial charge in [0, 0.05) is 25.2 Å². The molecule has 3 rings (SSSR count). The van der Waals surface area contributed by atoms with Gasteiger partial charge < -0.3 is 10.6 Å². The zero-order chi connectivity index (χ0) is 17.6. The summed E-state index contributed by atoms with van der Waals surface area (Å²) in [6, 6.07) is 17.3. The second kappa shape index (κ2) is 7.94. The molecule has 5 nitrogen and oxygen atoms in total. The number of carbonyl (C=O) groups is 2. The van der Waals surface area contributed by atoms with Crippen LogP contribution in [0.3, 0.4) is 0 Å². The molecule has 130 valence electrons. The van der Waals surface area contributed by atoms with E-state index in [-0.39, 0.29) is 17.9 Å². The van der Waals surface area contributed by atoms with Gasteiger partial charge in [0.15, 0.2) is 0 Å². The van der Waals surface area contributed by atoms with Crippen LogP contribution in [0.1, 0.15) is 36.9 Å². The van der Waals surface area contributed by atoms with E-state index in [2.05, 4.69) is 16.0 Å². The van der Waals surface area contributed by atoms with Gasteiger partial charge in [-0.3, -0.25) is 14.9 Å². The highest BCUT2D eigenvalue weighted by Crippen LogP contribution is 2.21. The molecule has 0 bridgehead atoms. The minimum Gasteiger partial charge on any atom is -0.352 e. The molecule has 2 amide bonds. The first-order valence-corrected chi connectivity index (χ1v) is 8.57. The van der Waals surface area contributed by atoms with Gasteiger partial charge >= 0.3 is 0 Å². The maximum Gasteiger partial charge on any atom is 0.241 e. The number of nitrogens with one attached hydrogen (secondary N) is 3. The Kier molecular flexibility index (Phi) is 5.46. The summed E-state index contributed by atoms with van der Waals surface area (Å²) in [5, 5.41) is 9.16. The van der Waals surface area contributed by atoms with E-state index in [9.17, 15) is 9.59 Å². The van der Waals surface area contributed by atoms with Gasteiger partial charge in [-0.2, -0.15) is 0 Å². The summed E-state index contributed by atoms with van der Waals surface area (Å²) in [5.41, 5.74) is 2.77. The number of amides is 2. The van der Waals surface area contributed by atoms with Gasteiger partial charge in [-0.1, -0.05) is 42.5 Å². The van der Waals surface area contributed by atoms with Gasteiger partial charge in [0.05, 0.1) is 0 Å². The lowest BCUT2D eigenvalue weighted by Gasteiger charge is -2.19. The lowest BCUT2D eigenvalue weighted by Crippen LogP contribution is -2.38. The summed E-state index contributed by atoms with van der Waals surface area (Å²) in [7, 11) is 0. The fourth-order valence-electron chi connectivity index (χ4n) is 2.65. The number of benzene rings is 2. The zero-order valence-corrected chi connectivity index (χ0v) is 14.3. The van der Waals surface area contributed by atoms with Crippen LogP contribution in [0.2, 0.25) is 0 Å². The van der Waals surface area contributed by atoms with Crippen molar-refractivity contribution in [2.75, 3.05) is 5.32 Å². The SMILES string of the molecule is CC(=O)Nc1ccc(CN[C@H](C(=O)NC2CC2)c2ccccc2)cc1. The highest BCUT2D eigenvalue weighted by atomic mass is 16.2. The van der Waals surface area contributed by atoms with E-state index in [1.165, 1.54) is 6.92 Å². The Morgan fingerprint density at radius 3 is 2.32 bits per heavy atom. The molecule has 0 unspecified atom stereocenters. The average Bonchev–Trinajstić information content (AvgIpc) is 3.41. The van der Waals surface area contributed by atoms with Crippen LogP contribution >= 0.6 is 0 Å². The Hall–Kier alpha value is -2.66. The second-order valence-electron chi connectivity index (χ2n) is 6.39. The van der Waals surface area contributed by atoms with Crippen molar-refractivity contribution in [3.05, 3.63) is 65.7 Å². The van der Waals surface area contributed by atoms with Crippen molar-refractivity contribution >= 4 is 17.5 Å². The highest BCUT2D eigenvalue weighted by molar-refractivity contribution is 5.88. The number of carbonyl (C=O) groups excluding carboxylic acids is 2. The van der Waals surface area contributed by atoms with Crippen molar-refractivity contribution in [1.29, 1.82) is 0 Å². The summed E-state index contributed by atoms with van der Waals surface area (Å²) in [4.78, 5) is 23.6. The van der Waals surface area contributed by atoms with E-state index < -0.39 is 0 Å². The molecule has 5 heteroatoms. The molecule has 25 heavy (non-hydrogen) atoms. The first-order valence-electron chi connectivity index (χ1n) is 8.57. The smallest absolute Gasteiger partial charge is 0.241 e. The van der Waals surface area contributed by atoms with Gasteiger partial charge in [0.25, 0.3) is 0 Å². The molecule has 1 aliphatic rings. The molecule has 1 saturated carbocycles. The molecule has 0 saturated heterocycles. The minimum atomic E-state index is -0.378. The van der Waals surface area contributed by atoms with Gasteiger partial charge in [-0.25, -0.2) is 0 Å². The molecule has 0 radical (unpaired) electrons. The number of rotatable bonds is 7. The molecule has 1 fully saturated rings. The fourth-order valence-corrected chi connectivity index (χ4v) is 2.65. The second-order valence-corrected chi connectivity index (χ2v) is 6.39. The maximum atomic E-state index is 12.6. The van der Waals surface area contributed by atoms with E-state index >= 15 is 0 Å². The Morgan fingerprint density at radius 1 is 1.04 bits per heavy atom. The van der Waals surface area contributed by atoms with E-state index in [0.29, 0.717) is 12.6 Å². The number of hydrogen-bond donors (Lipinski definition) is 3. The Bertz CT molecular complexity index is 724. The van der Waals surface area contributed by atoms with E-state index in [4.69, 9.17) is 0 Å². The fraction of sp³-hybridized carbons (Fsp3) is 0.300. The van der Waals surface area contributed by atoms with Crippen molar-refractivity contribution in [1.82, 2.24) is 10.6 Å². The van der Waals surface area contributed by atoms with Gasteiger partial charge in [0.1, 0.15) is 6.04 Å². The van der Waals surface area contributed by atoms with Crippen LogP contribution in [-0.4, -0.2) is 17.9 Å². The van der Waals surface area contributed by atoms with Crippen LogP contribution in [0, 0.1) is 0 Å². The third-order valence-corrected chi connectivity index (χ3v) is 4.10. The third kappa shape index (κ3) is 5.16. The van der Waals surface area contributed by atoms with Crippen molar-refractivity contribution in [2.45, 2.75) is 38.4 Å². The van der Waals surface area contributed by atoms with E-state index in [1.54, 1.807) is 0 Å². The lowest BCUT2D eigenvalue weighted by molar-refractivity contribution is -0.123. The molecule has 3 N–H and O–H groups in total. The minimum absolute atomic E-state index is 0.0172. The summed E-state index contributed by atoms with van der Waals surface area (Å²) in [6.45, 7) is 2.05. The van der Waals surface area contributed by atoms with Crippen LogP contribution in [0.25, 0.3) is 0 Å². The molecular weight excluding hydrogens is 314 g/mol. The molecule has 0 aliphatic heterocycles. The van der Waals surface area contributed by atoms with Crippen molar-refractivity contribution in [3.8, 4) is 0 Å². The molecule has 1 atom stereocenters. The molecule has 2 aromatic carbocycles. The quantitative estimate of drug-likeness (QED) is 0.727. The van der Waals surface area contributed by atoms with Gasteiger partial charge in [-0.05, 0) is 36.1 Å². The van der Waals surface area contributed by atoms with Crippen molar-refractivity contribution in [2.24, 2.45) is 0 Å². The first-order chi connectivity index (χ1) is 12.1. The van der Waals surface area contributed by atoms with Crippen LogP contribution in [0.4, 0.5) is 5.69 Å². The van der Waals surface area contributed by atoms with Crippen molar-refractivity contribution in [3.63, 3.8) is 0 Å². The van der Waals surface area contributed by atoms with E-state index in [0.717, 1.165) is 29.7 Å². The van der Waals surface area contributed by atoms with Crippen molar-refractivity contribution < 1.29 is 9.59 Å². The number of anilines is 1. The molecule has 2 aromatic rings. The molecule has 0 heterocycles. The lowest BCUT2D eigenvalue weighted by atomic mass is 10.1. The predicted molar refractivity (Wildman–Crippen MR) is 97.9 cm³/mol. The summed E-state index contributed by atoms with van der Waals surface area (Å²) in [6.07, 6.45) is 2.13. The molecule has 0 aromatic heterocycles. The average molecular weight is 337 g/mol. The van der Waals surface area contributed by atoms with E-state index in [1.807, 2.05) is 54.6 Å². The summed E-state index contributed by atoms with van der Waals surface area (Å²) < 4.78 is 0. The normalized spacial score (nSPS) is 14.6. The molecular formula is C20H23N3O2. The van der Waals surface area contributed by atoms with Gasteiger partial charge in [0.2, 0.25) is 11.8 Å².